The molecule has 0 bridgehead atoms. The van der Waals surface area contributed by atoms with Gasteiger partial charge in [-0.3, -0.25) is 9.58 Å². The first-order valence-corrected chi connectivity index (χ1v) is 9.32. The van der Waals surface area contributed by atoms with E-state index in [4.69, 9.17) is 9.84 Å². The van der Waals surface area contributed by atoms with Crippen LogP contribution in [0.3, 0.4) is 0 Å². The van der Waals surface area contributed by atoms with E-state index in [1.807, 2.05) is 0 Å². The van der Waals surface area contributed by atoms with Crippen molar-refractivity contribution in [1.29, 1.82) is 0 Å². The molecule has 0 saturated carbocycles. The molecular weight excluding hydrogens is 330 g/mol. The summed E-state index contributed by atoms with van der Waals surface area (Å²) >= 11 is 3.41. The monoisotopic (exact) mass is 357 g/mol. The van der Waals surface area contributed by atoms with E-state index in [1.165, 1.54) is 5.69 Å². The van der Waals surface area contributed by atoms with E-state index in [1.54, 1.807) is 0 Å². The highest BCUT2D eigenvalue weighted by atomic mass is 79.9. The molecule has 2 heterocycles. The topological polar surface area (TPSA) is 30.3 Å². The van der Waals surface area contributed by atoms with Crippen molar-refractivity contribution in [2.45, 2.75) is 58.2 Å². The normalized spacial score (nSPS) is 17.7. The Morgan fingerprint density at radius 2 is 2.05 bits per heavy atom. The molecule has 1 aromatic heterocycles. The fourth-order valence-electron chi connectivity index (χ4n) is 3.00. The highest BCUT2D eigenvalue weighted by molar-refractivity contribution is 9.09. The van der Waals surface area contributed by atoms with Crippen molar-refractivity contribution < 1.29 is 4.74 Å². The van der Waals surface area contributed by atoms with Crippen molar-refractivity contribution >= 4 is 15.9 Å². The lowest BCUT2D eigenvalue weighted by Crippen LogP contribution is -2.36. The minimum atomic E-state index is 0.445. The van der Waals surface area contributed by atoms with Gasteiger partial charge in [0.05, 0.1) is 24.4 Å². The summed E-state index contributed by atoms with van der Waals surface area (Å²) in [5.41, 5.74) is 1.20. The number of aromatic nitrogens is 2. The number of piperidine rings is 1. The number of rotatable bonds is 8. The molecule has 1 aromatic rings. The number of hydrogen-bond acceptors (Lipinski definition) is 3. The Hall–Kier alpha value is -0.390. The first-order valence-electron chi connectivity index (χ1n) is 8.20. The van der Waals surface area contributed by atoms with Crippen LogP contribution in [0.5, 0.6) is 0 Å². The van der Waals surface area contributed by atoms with Crippen LogP contribution in [-0.2, 0) is 11.3 Å². The number of ether oxygens (including phenoxy) is 1. The van der Waals surface area contributed by atoms with E-state index < -0.39 is 0 Å². The number of likely N-dealkylation sites (tertiary alicyclic amines) is 1. The van der Waals surface area contributed by atoms with Crippen molar-refractivity contribution in [2.24, 2.45) is 0 Å². The van der Waals surface area contributed by atoms with E-state index in [0.717, 1.165) is 57.3 Å². The second kappa shape index (κ2) is 8.91. The molecule has 0 unspecified atom stereocenters. The molecule has 1 aliphatic heterocycles. The highest BCUT2D eigenvalue weighted by Crippen LogP contribution is 2.18. The zero-order valence-electron chi connectivity index (χ0n) is 13.3. The molecule has 0 amide bonds. The molecule has 0 radical (unpaired) electrons. The largest absolute Gasteiger partial charge is 0.377 e. The lowest BCUT2D eigenvalue weighted by molar-refractivity contribution is 0.0138. The number of alkyl halides is 1. The molecule has 5 heteroatoms. The molecular formula is C16H28BrN3O. The Morgan fingerprint density at radius 1 is 1.33 bits per heavy atom. The molecule has 2 rings (SSSR count). The quantitative estimate of drug-likeness (QED) is 0.665. The standard InChI is InChI=1S/C16H28BrN3O/c1-3-15(4-2)20-11-5-14(18-20)13-19-9-6-16(7-10-19)21-12-8-17/h5,11,15-16H,3-4,6-10,12-13H2,1-2H3. The Kier molecular flexibility index (Phi) is 7.20. The van der Waals surface area contributed by atoms with Gasteiger partial charge < -0.3 is 4.74 Å². The third-order valence-corrected chi connectivity index (χ3v) is 4.65. The molecule has 0 aromatic carbocycles. The molecule has 0 N–H and O–H groups in total. The molecule has 120 valence electrons. The lowest BCUT2D eigenvalue weighted by Gasteiger charge is -2.31. The number of hydrogen-bond donors (Lipinski definition) is 0. The summed E-state index contributed by atoms with van der Waals surface area (Å²) in [5.74, 6) is 0. The van der Waals surface area contributed by atoms with Crippen LogP contribution in [0.2, 0.25) is 0 Å². The SMILES string of the molecule is CCC(CC)n1ccc(CN2CCC(OCCBr)CC2)n1. The van der Waals surface area contributed by atoms with Crippen LogP contribution in [0.25, 0.3) is 0 Å². The van der Waals surface area contributed by atoms with Crippen molar-refractivity contribution in [2.75, 3.05) is 25.0 Å². The second-order valence-corrected chi connectivity index (χ2v) is 6.59. The van der Waals surface area contributed by atoms with Gasteiger partial charge >= 0.3 is 0 Å². The van der Waals surface area contributed by atoms with E-state index in [0.29, 0.717) is 12.1 Å². The number of nitrogens with zero attached hydrogens (tertiary/aromatic N) is 3. The smallest absolute Gasteiger partial charge is 0.0764 e. The van der Waals surface area contributed by atoms with E-state index in [-0.39, 0.29) is 0 Å². The summed E-state index contributed by atoms with van der Waals surface area (Å²) in [5, 5.41) is 5.68. The van der Waals surface area contributed by atoms with Gasteiger partial charge in [0.2, 0.25) is 0 Å². The lowest BCUT2D eigenvalue weighted by atomic mass is 10.1. The maximum absolute atomic E-state index is 5.80. The van der Waals surface area contributed by atoms with E-state index in [9.17, 15) is 0 Å². The molecule has 4 nitrogen and oxygen atoms in total. The van der Waals surface area contributed by atoms with E-state index in [2.05, 4.69) is 51.6 Å². The van der Waals surface area contributed by atoms with Crippen LogP contribution in [0.4, 0.5) is 0 Å². The molecule has 0 aliphatic carbocycles. The summed E-state index contributed by atoms with van der Waals surface area (Å²) in [4.78, 5) is 2.49. The average Bonchev–Trinajstić information content (AvgIpc) is 2.96. The molecule has 1 saturated heterocycles. The average molecular weight is 358 g/mol. The molecule has 1 fully saturated rings. The zero-order chi connectivity index (χ0) is 15.1. The summed E-state index contributed by atoms with van der Waals surface area (Å²) in [6, 6.07) is 2.72. The Morgan fingerprint density at radius 3 is 2.67 bits per heavy atom. The number of halogens is 1. The highest BCUT2D eigenvalue weighted by Gasteiger charge is 2.20. The van der Waals surface area contributed by atoms with Crippen molar-refractivity contribution in [3.05, 3.63) is 18.0 Å². The van der Waals surface area contributed by atoms with Gasteiger partial charge in [-0.15, -0.1) is 0 Å². The minimum Gasteiger partial charge on any atom is -0.377 e. The minimum absolute atomic E-state index is 0.445. The second-order valence-electron chi connectivity index (χ2n) is 5.79. The van der Waals surface area contributed by atoms with Crippen LogP contribution in [0.1, 0.15) is 51.3 Å². The Balaban J connectivity index is 1.78. The molecule has 21 heavy (non-hydrogen) atoms. The van der Waals surface area contributed by atoms with Crippen LogP contribution in [-0.4, -0.2) is 45.8 Å². The Bertz CT molecular complexity index is 398. The molecule has 0 spiro atoms. The van der Waals surface area contributed by atoms with Gasteiger partial charge in [-0.25, -0.2) is 0 Å². The predicted octanol–water partition coefficient (Wildman–Crippen LogP) is 3.62. The zero-order valence-corrected chi connectivity index (χ0v) is 14.9. The van der Waals surface area contributed by atoms with Gasteiger partial charge in [0.1, 0.15) is 0 Å². The molecule has 0 atom stereocenters. The van der Waals surface area contributed by atoms with Gasteiger partial charge in [0.15, 0.2) is 0 Å². The van der Waals surface area contributed by atoms with Gasteiger partial charge in [0.25, 0.3) is 0 Å². The third kappa shape index (κ3) is 5.08. The fourth-order valence-corrected chi connectivity index (χ4v) is 3.19. The van der Waals surface area contributed by atoms with Gasteiger partial charge in [0, 0.05) is 31.2 Å². The first-order chi connectivity index (χ1) is 10.3. The third-order valence-electron chi connectivity index (χ3n) is 4.33. The van der Waals surface area contributed by atoms with Crippen LogP contribution in [0, 0.1) is 0 Å². The van der Waals surface area contributed by atoms with Crippen molar-refractivity contribution in [3.8, 4) is 0 Å². The van der Waals surface area contributed by atoms with Gasteiger partial charge in [-0.05, 0) is 31.7 Å². The first kappa shape index (κ1) is 17.0. The predicted molar refractivity (Wildman–Crippen MR) is 89.9 cm³/mol. The maximum atomic E-state index is 5.80. The Labute approximate surface area is 137 Å². The summed E-state index contributed by atoms with van der Waals surface area (Å²) in [6.07, 6.45) is 7.15. The van der Waals surface area contributed by atoms with Crippen LogP contribution >= 0.6 is 15.9 Å². The van der Waals surface area contributed by atoms with Gasteiger partial charge in [-0.2, -0.15) is 5.10 Å². The summed E-state index contributed by atoms with van der Waals surface area (Å²) in [6.45, 7) is 8.48. The van der Waals surface area contributed by atoms with Crippen molar-refractivity contribution in [3.63, 3.8) is 0 Å². The van der Waals surface area contributed by atoms with Crippen LogP contribution < -0.4 is 0 Å². The van der Waals surface area contributed by atoms with Crippen LogP contribution in [0.15, 0.2) is 12.3 Å². The van der Waals surface area contributed by atoms with Crippen molar-refractivity contribution in [1.82, 2.24) is 14.7 Å². The fraction of sp³-hybridized carbons (Fsp3) is 0.812. The summed E-state index contributed by atoms with van der Waals surface area (Å²) in [7, 11) is 0. The van der Waals surface area contributed by atoms with E-state index >= 15 is 0 Å². The van der Waals surface area contributed by atoms with Gasteiger partial charge in [-0.1, -0.05) is 29.8 Å². The summed E-state index contributed by atoms with van der Waals surface area (Å²) < 4.78 is 7.94. The maximum Gasteiger partial charge on any atom is 0.0764 e. The molecule has 1 aliphatic rings.